The van der Waals surface area contributed by atoms with Crippen LogP contribution in [0, 0.1) is 0 Å². The molecule has 0 N–H and O–H groups in total. The Balaban J connectivity index is 2.35. The van der Waals surface area contributed by atoms with Crippen LogP contribution in [0.1, 0.15) is 16.5 Å². The molecule has 2 rings (SSSR count). The van der Waals surface area contributed by atoms with Gasteiger partial charge in [0.15, 0.2) is 9.84 Å². The Bertz CT molecular complexity index is 693. The summed E-state index contributed by atoms with van der Waals surface area (Å²) in [4.78, 5) is 0.297. The van der Waals surface area contributed by atoms with Gasteiger partial charge in [0.2, 0.25) is 0 Å². The highest BCUT2D eigenvalue weighted by atomic mass is 79.9. The third-order valence-corrected chi connectivity index (χ3v) is 6.56. The summed E-state index contributed by atoms with van der Waals surface area (Å²) in [6.45, 7) is 0. The SMILES string of the molecule is CS(=O)(=O)c1ccc(C(Cl)c2cc(Br)sc2Br)cc1. The van der Waals surface area contributed by atoms with Gasteiger partial charge in [-0.1, -0.05) is 12.1 Å². The Kier molecular flexibility index (Phi) is 4.78. The molecule has 2 nitrogen and oxygen atoms in total. The normalized spacial score (nSPS) is 13.5. The van der Waals surface area contributed by atoms with E-state index in [1.807, 2.05) is 6.07 Å². The largest absolute Gasteiger partial charge is 0.224 e. The molecule has 0 saturated heterocycles. The highest BCUT2D eigenvalue weighted by Crippen LogP contribution is 2.40. The molecule has 0 aliphatic rings. The zero-order valence-electron chi connectivity index (χ0n) is 9.73. The first-order valence-corrected chi connectivity index (χ1v) is 9.91. The van der Waals surface area contributed by atoms with Crippen molar-refractivity contribution < 1.29 is 8.42 Å². The molecule has 1 unspecified atom stereocenters. The summed E-state index contributed by atoms with van der Waals surface area (Å²) in [5.74, 6) is 0. The molecule has 0 radical (unpaired) electrons. The molecule has 0 amide bonds. The summed E-state index contributed by atoms with van der Waals surface area (Å²) in [7, 11) is -3.17. The molecule has 0 fully saturated rings. The van der Waals surface area contributed by atoms with Crippen molar-refractivity contribution in [1.29, 1.82) is 0 Å². The number of hydrogen-bond donors (Lipinski definition) is 0. The van der Waals surface area contributed by atoms with Crippen LogP contribution >= 0.6 is 54.8 Å². The number of halogens is 3. The standard InChI is InChI=1S/C12H9Br2ClO2S2/c1-19(16,17)8-4-2-7(3-5-8)11(15)9-6-10(13)18-12(9)14/h2-6,11H,1H3. The maximum absolute atomic E-state index is 11.4. The fraction of sp³-hybridized carbons (Fsp3) is 0.167. The van der Waals surface area contributed by atoms with Crippen LogP contribution in [0.2, 0.25) is 0 Å². The molecule has 1 atom stereocenters. The van der Waals surface area contributed by atoms with Gasteiger partial charge in [0.25, 0.3) is 0 Å². The molecule has 0 bridgehead atoms. The van der Waals surface area contributed by atoms with Crippen LogP contribution in [0.15, 0.2) is 42.8 Å². The number of alkyl halides is 1. The molecule has 19 heavy (non-hydrogen) atoms. The van der Waals surface area contributed by atoms with Gasteiger partial charge < -0.3 is 0 Å². The lowest BCUT2D eigenvalue weighted by Crippen LogP contribution is -1.98. The maximum Gasteiger partial charge on any atom is 0.175 e. The molecule has 1 heterocycles. The molecule has 0 spiro atoms. The highest BCUT2D eigenvalue weighted by Gasteiger charge is 2.17. The minimum atomic E-state index is -3.17. The second kappa shape index (κ2) is 5.85. The van der Waals surface area contributed by atoms with E-state index in [1.165, 1.54) is 6.26 Å². The van der Waals surface area contributed by atoms with E-state index in [1.54, 1.807) is 35.6 Å². The summed E-state index contributed by atoms with van der Waals surface area (Å²) in [5.41, 5.74) is 1.82. The number of benzene rings is 1. The number of sulfone groups is 1. The van der Waals surface area contributed by atoms with E-state index in [2.05, 4.69) is 31.9 Å². The van der Waals surface area contributed by atoms with Crippen LogP contribution in [0.3, 0.4) is 0 Å². The Morgan fingerprint density at radius 2 is 1.79 bits per heavy atom. The van der Waals surface area contributed by atoms with Crippen molar-refractivity contribution in [3.8, 4) is 0 Å². The van der Waals surface area contributed by atoms with Crippen molar-refractivity contribution >= 4 is 64.6 Å². The van der Waals surface area contributed by atoms with Crippen molar-refractivity contribution in [3.63, 3.8) is 0 Å². The molecule has 102 valence electrons. The number of rotatable bonds is 3. The first-order chi connectivity index (χ1) is 8.79. The van der Waals surface area contributed by atoms with Crippen molar-refractivity contribution in [3.05, 3.63) is 49.0 Å². The smallest absolute Gasteiger partial charge is 0.175 e. The summed E-state index contributed by atoms with van der Waals surface area (Å²) in [6.07, 6.45) is 1.19. The fourth-order valence-corrected chi connectivity index (χ4v) is 5.64. The van der Waals surface area contributed by atoms with Gasteiger partial charge in [-0.15, -0.1) is 22.9 Å². The number of thiophene rings is 1. The lowest BCUT2D eigenvalue weighted by Gasteiger charge is -2.09. The third kappa shape index (κ3) is 3.61. The molecule has 1 aromatic carbocycles. The summed E-state index contributed by atoms with van der Waals surface area (Å²) >= 11 is 14.9. The van der Waals surface area contributed by atoms with E-state index in [0.717, 1.165) is 18.7 Å². The van der Waals surface area contributed by atoms with Gasteiger partial charge in [0.05, 0.1) is 17.8 Å². The van der Waals surface area contributed by atoms with Gasteiger partial charge in [-0.3, -0.25) is 0 Å². The van der Waals surface area contributed by atoms with Crippen LogP contribution in [0.5, 0.6) is 0 Å². The molecule has 7 heteroatoms. The minimum Gasteiger partial charge on any atom is -0.224 e. The van der Waals surface area contributed by atoms with Crippen molar-refractivity contribution in [1.82, 2.24) is 0 Å². The topological polar surface area (TPSA) is 34.1 Å². The van der Waals surface area contributed by atoms with E-state index in [-0.39, 0.29) is 5.38 Å². The molecule has 2 aromatic rings. The summed E-state index contributed by atoms with van der Waals surface area (Å²) < 4.78 is 24.8. The molecule has 0 aliphatic heterocycles. The van der Waals surface area contributed by atoms with Gasteiger partial charge in [-0.2, -0.15) is 0 Å². The van der Waals surface area contributed by atoms with Gasteiger partial charge in [-0.25, -0.2) is 8.42 Å². The average Bonchev–Trinajstić information content (AvgIpc) is 2.66. The van der Waals surface area contributed by atoms with Gasteiger partial charge in [0, 0.05) is 11.8 Å². The Morgan fingerprint density at radius 3 is 2.21 bits per heavy atom. The lowest BCUT2D eigenvalue weighted by atomic mass is 10.1. The van der Waals surface area contributed by atoms with Crippen LogP contribution in [-0.4, -0.2) is 14.7 Å². The third-order valence-electron chi connectivity index (χ3n) is 2.56. The quantitative estimate of drug-likeness (QED) is 0.624. The predicted octanol–water partition coefficient (Wildman–Crippen LogP) is 5.00. The van der Waals surface area contributed by atoms with Gasteiger partial charge >= 0.3 is 0 Å². The van der Waals surface area contributed by atoms with Crippen LogP contribution in [0.25, 0.3) is 0 Å². The predicted molar refractivity (Wildman–Crippen MR) is 87.0 cm³/mol. The summed E-state index contributed by atoms with van der Waals surface area (Å²) in [5, 5.41) is -0.314. The van der Waals surface area contributed by atoms with E-state index in [4.69, 9.17) is 11.6 Å². The molecular weight excluding hydrogens is 436 g/mol. The monoisotopic (exact) mass is 442 g/mol. The molecule has 0 saturated carbocycles. The lowest BCUT2D eigenvalue weighted by molar-refractivity contribution is 0.602. The van der Waals surface area contributed by atoms with Crippen molar-refractivity contribution in [2.24, 2.45) is 0 Å². The van der Waals surface area contributed by atoms with Crippen molar-refractivity contribution in [2.75, 3.05) is 6.26 Å². The van der Waals surface area contributed by atoms with Gasteiger partial charge in [0.1, 0.15) is 0 Å². The van der Waals surface area contributed by atoms with Crippen molar-refractivity contribution in [2.45, 2.75) is 10.3 Å². The Hall–Kier alpha value is 0.120. The first kappa shape index (κ1) is 15.5. The van der Waals surface area contributed by atoms with E-state index < -0.39 is 9.84 Å². The maximum atomic E-state index is 11.4. The Labute approximate surface area is 138 Å². The van der Waals surface area contributed by atoms with E-state index in [0.29, 0.717) is 4.90 Å². The highest BCUT2D eigenvalue weighted by molar-refractivity contribution is 9.12. The van der Waals surface area contributed by atoms with Crippen LogP contribution < -0.4 is 0 Å². The van der Waals surface area contributed by atoms with E-state index >= 15 is 0 Å². The molecular formula is C12H9Br2ClO2S2. The Morgan fingerprint density at radius 1 is 1.21 bits per heavy atom. The van der Waals surface area contributed by atoms with Gasteiger partial charge in [-0.05, 0) is 55.6 Å². The average molecular weight is 445 g/mol. The van der Waals surface area contributed by atoms with Crippen LogP contribution in [-0.2, 0) is 9.84 Å². The van der Waals surface area contributed by atoms with Crippen LogP contribution in [0.4, 0.5) is 0 Å². The molecule has 1 aromatic heterocycles. The second-order valence-electron chi connectivity index (χ2n) is 3.98. The fourth-order valence-electron chi connectivity index (χ4n) is 1.59. The first-order valence-electron chi connectivity index (χ1n) is 5.18. The van der Waals surface area contributed by atoms with E-state index in [9.17, 15) is 8.42 Å². The second-order valence-corrected chi connectivity index (χ2v) is 10.2. The zero-order chi connectivity index (χ0) is 14.2. The number of hydrogen-bond acceptors (Lipinski definition) is 3. The zero-order valence-corrected chi connectivity index (χ0v) is 15.3. The summed E-state index contributed by atoms with van der Waals surface area (Å²) in [6, 6.07) is 8.60. The minimum absolute atomic E-state index is 0.297. The molecule has 0 aliphatic carbocycles.